The van der Waals surface area contributed by atoms with Gasteiger partial charge in [0.2, 0.25) is 0 Å². The van der Waals surface area contributed by atoms with Gasteiger partial charge in [0.15, 0.2) is 0 Å². The highest BCUT2D eigenvalue weighted by atomic mass is 35.5. The van der Waals surface area contributed by atoms with Crippen molar-refractivity contribution in [2.24, 2.45) is 0 Å². The van der Waals surface area contributed by atoms with Crippen molar-refractivity contribution in [2.45, 2.75) is 64.5 Å². The number of fused-ring (bicyclic) bond motifs is 1. The van der Waals surface area contributed by atoms with Gasteiger partial charge in [0.25, 0.3) is 0 Å². The van der Waals surface area contributed by atoms with E-state index in [4.69, 9.17) is 26.3 Å². The summed E-state index contributed by atoms with van der Waals surface area (Å²) in [6.07, 6.45) is 4.13. The number of ether oxygens (including phenoxy) is 1. The van der Waals surface area contributed by atoms with Gasteiger partial charge in [-0.05, 0) is 55.9 Å². The number of hydrogen-bond donors (Lipinski definition) is 1. The van der Waals surface area contributed by atoms with Crippen LogP contribution >= 0.6 is 11.6 Å². The molecule has 2 atom stereocenters. The van der Waals surface area contributed by atoms with Crippen molar-refractivity contribution in [3.05, 3.63) is 75.6 Å². The molecule has 2 aromatic carbocycles. The third kappa shape index (κ3) is 4.02. The van der Waals surface area contributed by atoms with E-state index in [-0.39, 0.29) is 12.1 Å². The zero-order valence-corrected chi connectivity index (χ0v) is 19.7. The Kier molecular flexibility index (Phi) is 5.92. The largest absolute Gasteiger partial charge is 0.376 e. The van der Waals surface area contributed by atoms with Crippen molar-refractivity contribution in [1.29, 1.82) is 0 Å². The molecule has 3 aromatic rings. The molecule has 0 spiro atoms. The smallest absolute Gasteiger partial charge is 0.148 e. The molecule has 1 fully saturated rings. The maximum Gasteiger partial charge on any atom is 0.148 e. The van der Waals surface area contributed by atoms with E-state index >= 15 is 0 Å². The fraction of sp³-hybridized carbons (Fsp3) is 0.407. The van der Waals surface area contributed by atoms with E-state index in [2.05, 4.69) is 62.5 Å². The van der Waals surface area contributed by atoms with Gasteiger partial charge in [-0.1, -0.05) is 54.9 Å². The van der Waals surface area contributed by atoms with Gasteiger partial charge in [0, 0.05) is 24.5 Å². The van der Waals surface area contributed by atoms with E-state index in [0.29, 0.717) is 12.5 Å². The van der Waals surface area contributed by atoms with Crippen LogP contribution in [0, 0.1) is 6.92 Å². The van der Waals surface area contributed by atoms with Gasteiger partial charge in [0.1, 0.15) is 5.82 Å². The Morgan fingerprint density at radius 3 is 2.62 bits per heavy atom. The molecule has 1 aromatic heterocycles. The molecule has 5 rings (SSSR count). The van der Waals surface area contributed by atoms with Crippen molar-refractivity contribution in [2.75, 3.05) is 11.9 Å². The fourth-order valence-electron chi connectivity index (χ4n) is 4.75. The zero-order chi connectivity index (χ0) is 22.2. The molecule has 2 unspecified atom stereocenters. The molecule has 0 saturated heterocycles. The van der Waals surface area contributed by atoms with Gasteiger partial charge >= 0.3 is 0 Å². The number of rotatable bonds is 7. The van der Waals surface area contributed by atoms with Crippen molar-refractivity contribution in [3.8, 4) is 11.3 Å². The van der Waals surface area contributed by atoms with Gasteiger partial charge in [-0.3, -0.25) is 0 Å². The molecule has 0 radical (unpaired) electrons. The lowest BCUT2D eigenvalue weighted by atomic mass is 10.0. The van der Waals surface area contributed by atoms with Gasteiger partial charge < -0.3 is 10.1 Å². The SMILES string of the molecule is CCOC1Cc2ccccc2C1Nc1nc(CC)c(-c2ccc(C)cc2Cl)nc1C1CC1. The van der Waals surface area contributed by atoms with Gasteiger partial charge in [0.05, 0.1) is 34.3 Å². The first kappa shape index (κ1) is 21.4. The number of nitrogens with zero attached hydrogens (tertiary/aromatic N) is 2. The van der Waals surface area contributed by atoms with E-state index in [1.54, 1.807) is 0 Å². The summed E-state index contributed by atoms with van der Waals surface area (Å²) in [6.45, 7) is 6.94. The van der Waals surface area contributed by atoms with Crippen LogP contribution in [0.2, 0.25) is 5.02 Å². The highest BCUT2D eigenvalue weighted by Crippen LogP contribution is 2.45. The molecule has 2 aliphatic carbocycles. The Balaban J connectivity index is 1.57. The molecular weight excluding hydrogens is 418 g/mol. The molecule has 0 aliphatic heterocycles. The maximum absolute atomic E-state index is 6.63. The van der Waals surface area contributed by atoms with E-state index in [1.165, 1.54) is 11.1 Å². The summed E-state index contributed by atoms with van der Waals surface area (Å²) in [5, 5.41) is 4.50. The predicted molar refractivity (Wildman–Crippen MR) is 130 cm³/mol. The summed E-state index contributed by atoms with van der Waals surface area (Å²) >= 11 is 6.63. The molecule has 2 aliphatic rings. The Bertz CT molecular complexity index is 1140. The Hall–Kier alpha value is -2.43. The molecule has 32 heavy (non-hydrogen) atoms. The number of aryl methyl sites for hydroxylation is 2. The summed E-state index contributed by atoms with van der Waals surface area (Å²) in [5.74, 6) is 1.36. The molecule has 1 saturated carbocycles. The van der Waals surface area contributed by atoms with Gasteiger partial charge in [-0.25, -0.2) is 9.97 Å². The highest BCUT2D eigenvalue weighted by molar-refractivity contribution is 6.33. The van der Waals surface area contributed by atoms with Gasteiger partial charge in [-0.2, -0.15) is 0 Å². The van der Waals surface area contributed by atoms with Crippen molar-refractivity contribution < 1.29 is 4.74 Å². The predicted octanol–water partition coefficient (Wildman–Crippen LogP) is 6.66. The van der Waals surface area contributed by atoms with Crippen LogP contribution in [0.25, 0.3) is 11.3 Å². The molecule has 5 heteroatoms. The van der Waals surface area contributed by atoms with E-state index in [9.17, 15) is 0 Å². The molecular formula is C27H30ClN3O. The van der Waals surface area contributed by atoms with Crippen molar-refractivity contribution in [1.82, 2.24) is 9.97 Å². The summed E-state index contributed by atoms with van der Waals surface area (Å²) in [4.78, 5) is 10.3. The normalized spacial score (nSPS) is 19.8. The third-order valence-electron chi connectivity index (χ3n) is 6.53. The summed E-state index contributed by atoms with van der Waals surface area (Å²) in [6, 6.07) is 14.9. The van der Waals surface area contributed by atoms with Crippen LogP contribution in [0.5, 0.6) is 0 Å². The Morgan fingerprint density at radius 2 is 1.91 bits per heavy atom. The van der Waals surface area contributed by atoms with Gasteiger partial charge in [-0.15, -0.1) is 0 Å². The first-order valence-corrected chi connectivity index (χ1v) is 12.1. The number of aromatic nitrogens is 2. The number of nitrogens with one attached hydrogen (secondary N) is 1. The minimum absolute atomic E-state index is 0.0801. The second-order valence-electron chi connectivity index (χ2n) is 8.88. The topological polar surface area (TPSA) is 47.0 Å². The zero-order valence-electron chi connectivity index (χ0n) is 19.0. The second kappa shape index (κ2) is 8.84. The van der Waals surface area contributed by atoms with E-state index in [0.717, 1.165) is 64.7 Å². The van der Waals surface area contributed by atoms with Crippen molar-refractivity contribution >= 4 is 17.4 Å². The lowest BCUT2D eigenvalue weighted by molar-refractivity contribution is 0.0573. The molecule has 4 nitrogen and oxygen atoms in total. The average molecular weight is 448 g/mol. The minimum atomic E-state index is 0.0801. The lowest BCUT2D eigenvalue weighted by Crippen LogP contribution is -2.26. The average Bonchev–Trinajstić information content (AvgIpc) is 3.57. The lowest BCUT2D eigenvalue weighted by Gasteiger charge is -2.24. The maximum atomic E-state index is 6.63. The van der Waals surface area contributed by atoms with Crippen molar-refractivity contribution in [3.63, 3.8) is 0 Å². The Labute approximate surface area is 195 Å². The number of benzene rings is 2. The minimum Gasteiger partial charge on any atom is -0.376 e. The Morgan fingerprint density at radius 1 is 1.09 bits per heavy atom. The highest BCUT2D eigenvalue weighted by Gasteiger charge is 2.36. The van der Waals surface area contributed by atoms with Crippen LogP contribution in [0.1, 0.15) is 66.7 Å². The molecule has 0 bridgehead atoms. The second-order valence-corrected chi connectivity index (χ2v) is 9.29. The standard InChI is InChI=1S/C27H30ClN3O/c1-4-22-25(20-13-10-16(3)14-21(20)28)30-24(17-11-12-17)27(29-22)31-26-19-9-7-6-8-18(19)15-23(26)32-5-2/h6-10,13-14,17,23,26H,4-5,11-12,15H2,1-3H3,(H,29,31). The first-order valence-electron chi connectivity index (χ1n) is 11.7. The van der Waals surface area contributed by atoms with E-state index < -0.39 is 0 Å². The number of anilines is 1. The summed E-state index contributed by atoms with van der Waals surface area (Å²) < 4.78 is 6.13. The molecule has 1 heterocycles. The quantitative estimate of drug-likeness (QED) is 0.440. The van der Waals surface area contributed by atoms with Crippen LogP contribution in [0.15, 0.2) is 42.5 Å². The van der Waals surface area contributed by atoms with Crippen LogP contribution in [-0.2, 0) is 17.6 Å². The first-order chi connectivity index (χ1) is 15.6. The van der Waals surface area contributed by atoms with Crippen LogP contribution in [-0.4, -0.2) is 22.7 Å². The van der Waals surface area contributed by atoms with Crippen LogP contribution < -0.4 is 5.32 Å². The number of hydrogen-bond acceptors (Lipinski definition) is 4. The van der Waals surface area contributed by atoms with E-state index in [1.807, 2.05) is 6.07 Å². The van der Waals surface area contributed by atoms with Crippen LogP contribution in [0.4, 0.5) is 5.82 Å². The summed E-state index contributed by atoms with van der Waals surface area (Å²) in [7, 11) is 0. The number of halogens is 1. The van der Waals surface area contributed by atoms with Crippen LogP contribution in [0.3, 0.4) is 0 Å². The molecule has 1 N–H and O–H groups in total. The molecule has 0 amide bonds. The monoisotopic (exact) mass is 447 g/mol. The summed E-state index contributed by atoms with van der Waals surface area (Å²) in [5.41, 5.74) is 7.72. The third-order valence-corrected chi connectivity index (χ3v) is 6.84. The molecule has 166 valence electrons. The fourth-order valence-corrected chi connectivity index (χ4v) is 5.08.